The maximum atomic E-state index is 12.0. The number of aromatic hydroxyl groups is 1. The fraction of sp³-hybridized carbons (Fsp3) is 0.273. The second-order valence-corrected chi connectivity index (χ2v) is 3.73. The Labute approximate surface area is 105 Å². The molecule has 0 spiro atoms. The van der Waals surface area contributed by atoms with Crippen molar-refractivity contribution in [2.24, 2.45) is 0 Å². The first-order valence-corrected chi connectivity index (χ1v) is 5.08. The molecule has 0 bridgehead atoms. The van der Waals surface area contributed by atoms with Crippen molar-refractivity contribution in [3.63, 3.8) is 0 Å². The molecule has 5 nitrogen and oxygen atoms in total. The van der Waals surface area contributed by atoms with Crippen molar-refractivity contribution < 1.29 is 33.0 Å². The van der Waals surface area contributed by atoms with E-state index in [1.54, 1.807) is 0 Å². The number of nitrogens with one attached hydrogen (secondary N) is 1. The molecule has 19 heavy (non-hydrogen) atoms. The van der Waals surface area contributed by atoms with Gasteiger partial charge in [0.05, 0.1) is 0 Å². The molecule has 104 valence electrons. The molecule has 0 fully saturated rings. The van der Waals surface area contributed by atoms with E-state index in [4.69, 9.17) is 10.2 Å². The molecular formula is C11H10F3NO4. The van der Waals surface area contributed by atoms with Gasteiger partial charge in [0.2, 0.25) is 0 Å². The number of alkyl halides is 3. The summed E-state index contributed by atoms with van der Waals surface area (Å²) in [6, 6.07) is 3.54. The van der Waals surface area contributed by atoms with E-state index in [1.165, 1.54) is 29.6 Å². The Hall–Kier alpha value is -2.25. The van der Waals surface area contributed by atoms with Crippen LogP contribution in [-0.4, -0.2) is 34.3 Å². The number of halogens is 3. The summed E-state index contributed by atoms with van der Waals surface area (Å²) < 4.78 is 36.1. The molecule has 8 heteroatoms. The van der Waals surface area contributed by atoms with Gasteiger partial charge in [-0.05, 0) is 17.7 Å². The van der Waals surface area contributed by atoms with Crippen LogP contribution in [0.3, 0.4) is 0 Å². The van der Waals surface area contributed by atoms with E-state index in [1.807, 2.05) is 0 Å². The third kappa shape index (κ3) is 4.49. The molecule has 1 amide bonds. The molecule has 1 aromatic carbocycles. The highest BCUT2D eigenvalue weighted by Gasteiger charge is 2.40. The van der Waals surface area contributed by atoms with Crippen LogP contribution in [-0.2, 0) is 16.0 Å². The van der Waals surface area contributed by atoms with Crippen LogP contribution in [0, 0.1) is 0 Å². The molecule has 1 atom stereocenters. The summed E-state index contributed by atoms with van der Waals surface area (Å²) in [7, 11) is 0. The number of rotatable bonds is 4. The monoisotopic (exact) mass is 278 g/mol. The van der Waals surface area contributed by atoms with Crippen LogP contribution in [0.4, 0.5) is 13.2 Å². The van der Waals surface area contributed by atoms with Crippen molar-refractivity contribution in [2.75, 3.05) is 0 Å². The topological polar surface area (TPSA) is 86.6 Å². The minimum atomic E-state index is -5.14. The molecule has 1 unspecified atom stereocenters. The Morgan fingerprint density at radius 1 is 1.21 bits per heavy atom. The number of amides is 1. The van der Waals surface area contributed by atoms with E-state index in [0.29, 0.717) is 5.56 Å². The summed E-state index contributed by atoms with van der Waals surface area (Å²) in [6.07, 6.45) is -5.46. The lowest BCUT2D eigenvalue weighted by molar-refractivity contribution is -0.175. The summed E-state index contributed by atoms with van der Waals surface area (Å²) in [5, 5.41) is 19.2. The fourth-order valence-electron chi connectivity index (χ4n) is 1.31. The first-order chi connectivity index (χ1) is 8.70. The molecule has 0 saturated carbocycles. The minimum absolute atomic E-state index is 0.0602. The SMILES string of the molecule is O=C(O)C(Cc1ccc(O)cc1)[15NH]C(=O)C(F)(F)F. The molecule has 0 aromatic heterocycles. The van der Waals surface area contributed by atoms with Gasteiger partial charge in [-0.3, -0.25) is 4.79 Å². The lowest BCUT2D eigenvalue weighted by Crippen LogP contribution is -2.47. The van der Waals surface area contributed by atoms with Gasteiger partial charge in [0.1, 0.15) is 11.8 Å². The molecule has 0 aliphatic carbocycles. The van der Waals surface area contributed by atoms with Crippen molar-refractivity contribution >= 4 is 11.9 Å². The number of carbonyl (C=O) groups excluding carboxylic acids is 1. The molecule has 0 saturated heterocycles. The van der Waals surface area contributed by atoms with E-state index in [-0.39, 0.29) is 12.2 Å². The second kappa shape index (κ2) is 5.59. The van der Waals surface area contributed by atoms with Gasteiger partial charge in [-0.2, -0.15) is 13.2 Å². The Balaban J connectivity index is 2.77. The highest BCUT2D eigenvalue weighted by Crippen LogP contribution is 2.16. The maximum absolute atomic E-state index is 12.0. The normalized spacial score (nSPS) is 12.8. The number of hydrogen-bond acceptors (Lipinski definition) is 3. The predicted octanol–water partition coefficient (Wildman–Crippen LogP) is 1.07. The summed E-state index contributed by atoms with van der Waals surface area (Å²) in [5.41, 5.74) is 0.368. The standard InChI is InChI=1S/C11H10F3NO4/c12-11(13,14)10(19)15-8(9(17)18)5-6-1-3-7(16)4-2-6/h1-4,8,16H,5H2,(H,15,19)(H,17,18)/i15+1. The number of benzene rings is 1. The highest BCUT2D eigenvalue weighted by molar-refractivity contribution is 5.87. The average molecular weight is 278 g/mol. The smallest absolute Gasteiger partial charge is 0.471 e. The van der Waals surface area contributed by atoms with Crippen LogP contribution in [0.5, 0.6) is 5.75 Å². The van der Waals surface area contributed by atoms with Gasteiger partial charge in [-0.25, -0.2) is 4.79 Å². The Morgan fingerprint density at radius 3 is 2.16 bits per heavy atom. The number of aliphatic carboxylic acids is 1. The van der Waals surface area contributed by atoms with Gasteiger partial charge < -0.3 is 15.5 Å². The largest absolute Gasteiger partial charge is 0.508 e. The summed E-state index contributed by atoms with van der Waals surface area (Å²) in [6.45, 7) is 0. The fourth-order valence-corrected chi connectivity index (χ4v) is 1.31. The highest BCUT2D eigenvalue weighted by atomic mass is 19.4. The van der Waals surface area contributed by atoms with E-state index in [0.717, 1.165) is 0 Å². The molecule has 0 heterocycles. The number of carboxylic acid groups (broad SMARTS) is 1. The molecule has 0 radical (unpaired) electrons. The van der Waals surface area contributed by atoms with E-state index in [2.05, 4.69) is 0 Å². The van der Waals surface area contributed by atoms with Gasteiger partial charge in [0, 0.05) is 6.42 Å². The zero-order chi connectivity index (χ0) is 14.6. The quantitative estimate of drug-likeness (QED) is 0.719. The molecule has 0 aliphatic rings. The van der Waals surface area contributed by atoms with E-state index < -0.39 is 24.1 Å². The first-order valence-electron chi connectivity index (χ1n) is 5.08. The van der Waals surface area contributed by atoms with Gasteiger partial charge in [0.15, 0.2) is 0 Å². The lowest BCUT2D eigenvalue weighted by Gasteiger charge is -2.15. The van der Waals surface area contributed by atoms with Crippen molar-refractivity contribution in [3.8, 4) is 5.75 Å². The van der Waals surface area contributed by atoms with Crippen LogP contribution in [0.2, 0.25) is 0 Å². The zero-order valence-corrected chi connectivity index (χ0v) is 9.44. The van der Waals surface area contributed by atoms with Crippen LogP contribution >= 0.6 is 0 Å². The van der Waals surface area contributed by atoms with Crippen LogP contribution in [0.15, 0.2) is 24.3 Å². The van der Waals surface area contributed by atoms with Crippen LogP contribution in [0.25, 0.3) is 0 Å². The van der Waals surface area contributed by atoms with Crippen molar-refractivity contribution in [1.29, 1.82) is 0 Å². The molecule has 1 aromatic rings. The second-order valence-electron chi connectivity index (χ2n) is 3.73. The number of carboxylic acids is 1. The summed E-state index contributed by atoms with van der Waals surface area (Å²) >= 11 is 0. The van der Waals surface area contributed by atoms with Crippen LogP contribution < -0.4 is 5.32 Å². The first kappa shape index (κ1) is 14.8. The van der Waals surface area contributed by atoms with Crippen molar-refractivity contribution in [1.82, 2.24) is 5.32 Å². The number of carbonyl (C=O) groups is 2. The van der Waals surface area contributed by atoms with E-state index >= 15 is 0 Å². The van der Waals surface area contributed by atoms with Gasteiger partial charge >= 0.3 is 18.1 Å². The molecule has 3 N–H and O–H groups in total. The predicted molar refractivity (Wildman–Crippen MR) is 57.4 cm³/mol. The van der Waals surface area contributed by atoms with Crippen LogP contribution in [0.1, 0.15) is 5.56 Å². The third-order valence-electron chi connectivity index (χ3n) is 2.24. The number of phenolic OH excluding ortho intramolecular Hbond substituents is 1. The zero-order valence-electron chi connectivity index (χ0n) is 9.44. The average Bonchev–Trinajstić information content (AvgIpc) is 2.29. The Bertz CT molecular complexity index is 470. The number of phenols is 1. The molecule has 0 aliphatic heterocycles. The molecular weight excluding hydrogens is 268 g/mol. The van der Waals surface area contributed by atoms with Gasteiger partial charge in [0.25, 0.3) is 0 Å². The third-order valence-corrected chi connectivity index (χ3v) is 2.24. The number of hydrogen-bond donors (Lipinski definition) is 3. The summed E-state index contributed by atoms with van der Waals surface area (Å²) in [4.78, 5) is 21.5. The van der Waals surface area contributed by atoms with E-state index in [9.17, 15) is 22.8 Å². The Morgan fingerprint density at radius 2 is 1.74 bits per heavy atom. The lowest BCUT2D eigenvalue weighted by atomic mass is 10.1. The maximum Gasteiger partial charge on any atom is 0.471 e. The summed E-state index contributed by atoms with van der Waals surface area (Å²) in [5.74, 6) is -3.95. The van der Waals surface area contributed by atoms with Gasteiger partial charge in [-0.15, -0.1) is 0 Å². The van der Waals surface area contributed by atoms with Gasteiger partial charge in [-0.1, -0.05) is 12.1 Å². The molecule has 1 rings (SSSR count). The minimum Gasteiger partial charge on any atom is -0.508 e. The van der Waals surface area contributed by atoms with Crippen molar-refractivity contribution in [3.05, 3.63) is 29.8 Å². The van der Waals surface area contributed by atoms with Crippen molar-refractivity contribution in [2.45, 2.75) is 18.6 Å². The Kier molecular flexibility index (Phi) is 4.36.